The van der Waals surface area contributed by atoms with E-state index in [2.05, 4.69) is 15.2 Å². The van der Waals surface area contributed by atoms with Crippen LogP contribution in [0.4, 0.5) is 5.82 Å². The van der Waals surface area contributed by atoms with Crippen LogP contribution in [0.3, 0.4) is 0 Å². The molecule has 1 aromatic heterocycles. The number of aliphatic hydroxyl groups excluding tert-OH is 1. The molecule has 6 nitrogen and oxygen atoms in total. The number of carbonyl (C=O) groups is 1. The molecule has 136 valence electrons. The van der Waals surface area contributed by atoms with Crippen LogP contribution in [-0.2, 0) is 16.1 Å². The van der Waals surface area contributed by atoms with Crippen molar-refractivity contribution in [2.45, 2.75) is 51.1 Å². The minimum Gasteiger partial charge on any atom is -0.501 e. The molecular weight excluding hydrogens is 318 g/mol. The molecule has 3 heterocycles. The molecule has 3 rings (SSSR count). The van der Waals surface area contributed by atoms with Crippen LogP contribution >= 0.6 is 0 Å². The van der Waals surface area contributed by atoms with Crippen molar-refractivity contribution in [3.05, 3.63) is 35.7 Å². The Morgan fingerprint density at radius 3 is 3.00 bits per heavy atom. The molecule has 1 fully saturated rings. The summed E-state index contributed by atoms with van der Waals surface area (Å²) < 4.78 is 5.21. The number of rotatable bonds is 6. The van der Waals surface area contributed by atoms with Crippen molar-refractivity contribution < 1.29 is 14.6 Å². The maximum Gasteiger partial charge on any atom is 0.250 e. The van der Waals surface area contributed by atoms with Crippen LogP contribution in [-0.4, -0.2) is 41.8 Å². The molecule has 2 aliphatic heterocycles. The van der Waals surface area contributed by atoms with Gasteiger partial charge in [0.05, 0.1) is 18.4 Å². The number of hydrogen-bond donors (Lipinski definition) is 2. The third-order valence-corrected chi connectivity index (χ3v) is 4.87. The van der Waals surface area contributed by atoms with Gasteiger partial charge in [0.2, 0.25) is 0 Å². The number of aliphatic hydroxyl groups is 1. The largest absolute Gasteiger partial charge is 0.501 e. The van der Waals surface area contributed by atoms with E-state index in [1.54, 1.807) is 6.26 Å². The molecule has 1 amide bonds. The number of nitrogens with one attached hydrogen (secondary N) is 1. The molecule has 0 aromatic carbocycles. The van der Waals surface area contributed by atoms with E-state index in [9.17, 15) is 9.90 Å². The summed E-state index contributed by atoms with van der Waals surface area (Å²) in [7, 11) is 0. The summed E-state index contributed by atoms with van der Waals surface area (Å²) in [5.41, 5.74) is 1.68. The summed E-state index contributed by atoms with van der Waals surface area (Å²) in [6.45, 7) is 2.35. The fourth-order valence-corrected chi connectivity index (χ4v) is 3.47. The van der Waals surface area contributed by atoms with Gasteiger partial charge in [0.25, 0.3) is 5.91 Å². The summed E-state index contributed by atoms with van der Waals surface area (Å²) >= 11 is 0. The van der Waals surface area contributed by atoms with Crippen LogP contribution in [0.25, 0.3) is 0 Å². The van der Waals surface area contributed by atoms with Gasteiger partial charge >= 0.3 is 0 Å². The number of nitrogens with zero attached hydrogens (tertiary/aromatic N) is 2. The molecule has 0 radical (unpaired) electrons. The molecular formula is C19H27N3O3. The normalized spacial score (nSPS) is 20.6. The second-order valence-corrected chi connectivity index (χ2v) is 6.68. The molecule has 6 heteroatoms. The lowest BCUT2D eigenvalue weighted by atomic mass is 9.99. The van der Waals surface area contributed by atoms with E-state index >= 15 is 0 Å². The van der Waals surface area contributed by atoms with Gasteiger partial charge in [-0.05, 0) is 50.2 Å². The summed E-state index contributed by atoms with van der Waals surface area (Å²) in [4.78, 5) is 19.0. The van der Waals surface area contributed by atoms with Crippen molar-refractivity contribution in [3.8, 4) is 0 Å². The first-order chi connectivity index (χ1) is 12.3. The van der Waals surface area contributed by atoms with Crippen LogP contribution in [0.15, 0.2) is 30.2 Å². The number of ether oxygens (including phenoxy) is 1. The first-order valence-corrected chi connectivity index (χ1v) is 9.19. The SMILES string of the molecule is O=C(NCc1ccc(N2CCCCC2CCO)nc1)C1=COCCC1. The highest BCUT2D eigenvalue weighted by Gasteiger charge is 2.23. The summed E-state index contributed by atoms with van der Waals surface area (Å²) in [5, 5.41) is 12.2. The molecule has 0 spiro atoms. The lowest BCUT2D eigenvalue weighted by molar-refractivity contribution is -0.118. The van der Waals surface area contributed by atoms with E-state index < -0.39 is 0 Å². The molecule has 0 aliphatic carbocycles. The van der Waals surface area contributed by atoms with E-state index in [1.165, 1.54) is 12.8 Å². The topological polar surface area (TPSA) is 74.7 Å². The van der Waals surface area contributed by atoms with E-state index in [-0.39, 0.29) is 12.5 Å². The Morgan fingerprint density at radius 1 is 1.36 bits per heavy atom. The average Bonchev–Trinajstić information content (AvgIpc) is 2.68. The minimum atomic E-state index is -0.0668. The average molecular weight is 345 g/mol. The molecule has 25 heavy (non-hydrogen) atoms. The second kappa shape index (κ2) is 8.85. The van der Waals surface area contributed by atoms with Gasteiger partial charge in [-0.3, -0.25) is 4.79 Å². The predicted molar refractivity (Wildman–Crippen MR) is 96.0 cm³/mol. The Bertz CT molecular complexity index is 598. The van der Waals surface area contributed by atoms with Gasteiger partial charge in [0.1, 0.15) is 5.82 Å². The van der Waals surface area contributed by atoms with Gasteiger partial charge < -0.3 is 20.1 Å². The van der Waals surface area contributed by atoms with Gasteiger partial charge in [-0.2, -0.15) is 0 Å². The number of aromatic nitrogens is 1. The third-order valence-electron chi connectivity index (χ3n) is 4.87. The molecule has 1 saturated heterocycles. The van der Waals surface area contributed by atoms with Crippen molar-refractivity contribution in [2.24, 2.45) is 0 Å². The Hall–Kier alpha value is -2.08. The fourth-order valence-electron chi connectivity index (χ4n) is 3.47. The van der Waals surface area contributed by atoms with Crippen molar-refractivity contribution >= 4 is 11.7 Å². The Morgan fingerprint density at radius 2 is 2.28 bits per heavy atom. The minimum absolute atomic E-state index is 0.0668. The van der Waals surface area contributed by atoms with E-state index in [0.717, 1.165) is 43.6 Å². The van der Waals surface area contributed by atoms with Crippen LogP contribution in [0.5, 0.6) is 0 Å². The zero-order valence-electron chi connectivity index (χ0n) is 14.6. The fraction of sp³-hybridized carbons (Fsp3) is 0.579. The van der Waals surface area contributed by atoms with E-state index in [1.807, 2.05) is 18.3 Å². The van der Waals surface area contributed by atoms with Gasteiger partial charge in [0, 0.05) is 31.9 Å². The third kappa shape index (κ3) is 4.72. The van der Waals surface area contributed by atoms with Crippen molar-refractivity contribution in [3.63, 3.8) is 0 Å². The Kier molecular flexibility index (Phi) is 6.28. The summed E-state index contributed by atoms with van der Waals surface area (Å²) in [6, 6.07) is 4.40. The quantitative estimate of drug-likeness (QED) is 0.826. The number of amides is 1. The predicted octanol–water partition coefficient (Wildman–Crippen LogP) is 2.13. The van der Waals surface area contributed by atoms with Gasteiger partial charge in [0.15, 0.2) is 0 Å². The van der Waals surface area contributed by atoms with Crippen LogP contribution in [0.2, 0.25) is 0 Å². The second-order valence-electron chi connectivity index (χ2n) is 6.68. The molecule has 1 aromatic rings. The lowest BCUT2D eigenvalue weighted by Gasteiger charge is -2.36. The Labute approximate surface area is 148 Å². The summed E-state index contributed by atoms with van der Waals surface area (Å²) in [5.74, 6) is 0.888. The van der Waals surface area contributed by atoms with Crippen molar-refractivity contribution in [2.75, 3.05) is 24.7 Å². The first kappa shape index (κ1) is 17.7. The molecule has 1 unspecified atom stereocenters. The molecule has 2 aliphatic rings. The molecule has 0 bridgehead atoms. The monoisotopic (exact) mass is 345 g/mol. The number of carbonyl (C=O) groups excluding carboxylic acids is 1. The lowest BCUT2D eigenvalue weighted by Crippen LogP contribution is -2.40. The van der Waals surface area contributed by atoms with E-state index in [4.69, 9.17) is 4.74 Å². The summed E-state index contributed by atoms with van der Waals surface area (Å²) in [6.07, 6.45) is 9.33. The maximum atomic E-state index is 12.1. The highest BCUT2D eigenvalue weighted by Crippen LogP contribution is 2.25. The van der Waals surface area contributed by atoms with Gasteiger partial charge in [-0.15, -0.1) is 0 Å². The number of anilines is 1. The zero-order chi connectivity index (χ0) is 17.5. The van der Waals surface area contributed by atoms with Gasteiger partial charge in [-0.25, -0.2) is 4.98 Å². The maximum absolute atomic E-state index is 12.1. The van der Waals surface area contributed by atoms with Crippen LogP contribution in [0, 0.1) is 0 Å². The highest BCUT2D eigenvalue weighted by molar-refractivity contribution is 5.93. The number of hydrogen-bond acceptors (Lipinski definition) is 5. The highest BCUT2D eigenvalue weighted by atomic mass is 16.5. The van der Waals surface area contributed by atoms with Crippen molar-refractivity contribution in [1.29, 1.82) is 0 Å². The smallest absolute Gasteiger partial charge is 0.250 e. The van der Waals surface area contributed by atoms with Gasteiger partial charge in [-0.1, -0.05) is 6.07 Å². The number of piperidine rings is 1. The molecule has 0 saturated carbocycles. The standard InChI is InChI=1S/C19H27N3O3/c23-10-8-17-5-1-2-9-22(17)18-7-6-15(12-20-18)13-21-19(24)16-4-3-11-25-14-16/h6-7,12,14,17,23H,1-5,8-11,13H2,(H,21,24). The number of pyridine rings is 1. The molecule has 2 N–H and O–H groups in total. The molecule has 1 atom stereocenters. The first-order valence-electron chi connectivity index (χ1n) is 9.19. The van der Waals surface area contributed by atoms with Crippen LogP contribution < -0.4 is 10.2 Å². The van der Waals surface area contributed by atoms with Crippen molar-refractivity contribution in [1.82, 2.24) is 10.3 Å². The van der Waals surface area contributed by atoms with E-state index in [0.29, 0.717) is 24.8 Å². The zero-order valence-corrected chi connectivity index (χ0v) is 14.6. The Balaban J connectivity index is 1.56. The van der Waals surface area contributed by atoms with Crippen LogP contribution in [0.1, 0.15) is 44.1 Å².